The first-order chi connectivity index (χ1) is 9.81. The van der Waals surface area contributed by atoms with Gasteiger partial charge in [-0.15, -0.1) is 11.3 Å². The van der Waals surface area contributed by atoms with E-state index in [1.165, 1.54) is 25.7 Å². The standard InChI is InChI=1S/C14H18N4OS/c15-14(18-10-4-1-2-5-10)16-8-11-9-19-13(17-11)12-6-3-7-20-12/h3,6-7,9-10H,1-2,4-5,8H2,(H3,15,16,18). The van der Waals surface area contributed by atoms with Gasteiger partial charge >= 0.3 is 0 Å². The van der Waals surface area contributed by atoms with E-state index in [0.717, 1.165) is 10.6 Å². The van der Waals surface area contributed by atoms with Gasteiger partial charge in [-0.3, -0.25) is 0 Å². The van der Waals surface area contributed by atoms with Crippen LogP contribution in [0.1, 0.15) is 31.4 Å². The van der Waals surface area contributed by atoms with Gasteiger partial charge in [-0.1, -0.05) is 18.9 Å². The number of aliphatic imine (C=N–C) groups is 1. The third-order valence-electron chi connectivity index (χ3n) is 3.40. The zero-order valence-corrected chi connectivity index (χ0v) is 12.0. The summed E-state index contributed by atoms with van der Waals surface area (Å²) in [7, 11) is 0. The number of oxazole rings is 1. The second-order valence-electron chi connectivity index (χ2n) is 4.95. The van der Waals surface area contributed by atoms with Gasteiger partial charge in [0.2, 0.25) is 5.89 Å². The lowest BCUT2D eigenvalue weighted by atomic mass is 10.2. The summed E-state index contributed by atoms with van der Waals surface area (Å²) in [6.45, 7) is 0.445. The number of guanidine groups is 1. The molecule has 0 aliphatic heterocycles. The topological polar surface area (TPSA) is 76.4 Å². The molecule has 3 rings (SSSR count). The summed E-state index contributed by atoms with van der Waals surface area (Å²) in [5.41, 5.74) is 6.68. The van der Waals surface area contributed by atoms with Crippen LogP contribution in [0.4, 0.5) is 0 Å². The highest BCUT2D eigenvalue weighted by molar-refractivity contribution is 7.13. The Labute approximate surface area is 121 Å². The van der Waals surface area contributed by atoms with Crippen LogP contribution in [-0.2, 0) is 6.54 Å². The second-order valence-corrected chi connectivity index (χ2v) is 5.90. The molecule has 0 amide bonds. The molecule has 2 aromatic rings. The van der Waals surface area contributed by atoms with Crippen LogP contribution in [0.15, 0.2) is 33.2 Å². The van der Waals surface area contributed by atoms with Crippen molar-refractivity contribution in [3.05, 3.63) is 29.5 Å². The fraction of sp³-hybridized carbons (Fsp3) is 0.429. The van der Waals surface area contributed by atoms with Gasteiger partial charge in [-0.05, 0) is 24.3 Å². The first kappa shape index (κ1) is 13.2. The van der Waals surface area contributed by atoms with Crippen molar-refractivity contribution in [2.45, 2.75) is 38.3 Å². The summed E-state index contributed by atoms with van der Waals surface area (Å²) < 4.78 is 5.44. The minimum atomic E-state index is 0.445. The monoisotopic (exact) mass is 290 g/mol. The molecule has 0 radical (unpaired) electrons. The van der Waals surface area contributed by atoms with Crippen molar-refractivity contribution in [2.75, 3.05) is 0 Å². The third kappa shape index (κ3) is 3.19. The predicted molar refractivity (Wildman–Crippen MR) is 80.5 cm³/mol. The van der Waals surface area contributed by atoms with Gasteiger partial charge in [0.1, 0.15) is 12.0 Å². The molecule has 0 saturated heterocycles. The number of aromatic nitrogens is 1. The summed E-state index contributed by atoms with van der Waals surface area (Å²) in [6, 6.07) is 4.45. The van der Waals surface area contributed by atoms with E-state index in [9.17, 15) is 0 Å². The van der Waals surface area contributed by atoms with Crippen molar-refractivity contribution in [3.63, 3.8) is 0 Å². The second kappa shape index (κ2) is 6.09. The Balaban J connectivity index is 1.57. The van der Waals surface area contributed by atoms with Crippen LogP contribution in [0.5, 0.6) is 0 Å². The Morgan fingerprint density at radius 1 is 1.50 bits per heavy atom. The molecule has 2 heterocycles. The van der Waals surface area contributed by atoms with E-state index >= 15 is 0 Å². The molecule has 0 atom stereocenters. The highest BCUT2D eigenvalue weighted by atomic mass is 32.1. The molecular weight excluding hydrogens is 272 g/mol. The van der Waals surface area contributed by atoms with Crippen LogP contribution in [0.3, 0.4) is 0 Å². The van der Waals surface area contributed by atoms with Crippen LogP contribution in [0, 0.1) is 0 Å². The molecule has 1 saturated carbocycles. The third-order valence-corrected chi connectivity index (χ3v) is 4.26. The van der Waals surface area contributed by atoms with E-state index in [1.807, 2.05) is 17.5 Å². The fourth-order valence-electron chi connectivity index (χ4n) is 2.38. The zero-order chi connectivity index (χ0) is 13.8. The number of nitrogens with zero attached hydrogens (tertiary/aromatic N) is 2. The molecule has 0 aromatic carbocycles. The molecule has 0 bridgehead atoms. The van der Waals surface area contributed by atoms with Gasteiger partial charge in [-0.25, -0.2) is 9.98 Å². The lowest BCUT2D eigenvalue weighted by Crippen LogP contribution is -2.38. The summed E-state index contributed by atoms with van der Waals surface area (Å²) in [5, 5.41) is 5.26. The van der Waals surface area contributed by atoms with E-state index in [1.54, 1.807) is 17.6 Å². The lowest BCUT2D eigenvalue weighted by Gasteiger charge is -2.11. The molecular formula is C14H18N4OS. The molecule has 1 fully saturated rings. The van der Waals surface area contributed by atoms with Gasteiger partial charge in [0, 0.05) is 6.04 Å². The number of thiophene rings is 1. The molecule has 1 aliphatic carbocycles. The number of nitrogens with two attached hydrogens (primary N) is 1. The zero-order valence-electron chi connectivity index (χ0n) is 11.2. The van der Waals surface area contributed by atoms with E-state index in [-0.39, 0.29) is 0 Å². The SMILES string of the molecule is NC(=NCc1coc(-c2cccs2)n1)NC1CCCC1. The number of nitrogens with one attached hydrogen (secondary N) is 1. The van der Waals surface area contributed by atoms with E-state index in [0.29, 0.717) is 24.4 Å². The summed E-state index contributed by atoms with van der Waals surface area (Å²) in [5.74, 6) is 1.14. The molecule has 106 valence electrons. The van der Waals surface area contributed by atoms with Crippen LogP contribution >= 0.6 is 11.3 Å². The van der Waals surface area contributed by atoms with Crippen molar-refractivity contribution in [1.82, 2.24) is 10.3 Å². The van der Waals surface area contributed by atoms with Crippen molar-refractivity contribution in [3.8, 4) is 10.8 Å². The van der Waals surface area contributed by atoms with Gasteiger partial charge in [0.25, 0.3) is 0 Å². The van der Waals surface area contributed by atoms with Crippen LogP contribution < -0.4 is 11.1 Å². The Hall–Kier alpha value is -1.82. The highest BCUT2D eigenvalue weighted by Gasteiger charge is 2.15. The summed E-state index contributed by atoms with van der Waals surface area (Å²) in [4.78, 5) is 9.75. The Bertz CT molecular complexity index is 570. The normalized spacial score (nSPS) is 16.7. The maximum absolute atomic E-state index is 5.89. The minimum absolute atomic E-state index is 0.445. The molecule has 3 N–H and O–H groups in total. The van der Waals surface area contributed by atoms with Gasteiger partial charge in [0.15, 0.2) is 5.96 Å². The average Bonchev–Trinajstić information content (AvgIpc) is 3.18. The van der Waals surface area contributed by atoms with Crippen molar-refractivity contribution in [2.24, 2.45) is 10.7 Å². The van der Waals surface area contributed by atoms with E-state index in [4.69, 9.17) is 10.2 Å². The van der Waals surface area contributed by atoms with E-state index in [2.05, 4.69) is 15.3 Å². The number of hydrogen-bond donors (Lipinski definition) is 2. The molecule has 5 nitrogen and oxygen atoms in total. The summed E-state index contributed by atoms with van der Waals surface area (Å²) in [6.07, 6.45) is 6.56. The average molecular weight is 290 g/mol. The number of rotatable bonds is 4. The summed E-state index contributed by atoms with van der Waals surface area (Å²) >= 11 is 1.61. The van der Waals surface area contributed by atoms with Gasteiger partial charge in [0.05, 0.1) is 11.4 Å². The lowest BCUT2D eigenvalue weighted by molar-refractivity contribution is 0.574. The Morgan fingerprint density at radius 3 is 3.10 bits per heavy atom. The molecule has 1 aliphatic rings. The van der Waals surface area contributed by atoms with Crippen molar-refractivity contribution in [1.29, 1.82) is 0 Å². The maximum Gasteiger partial charge on any atom is 0.236 e. The van der Waals surface area contributed by atoms with E-state index < -0.39 is 0 Å². The van der Waals surface area contributed by atoms with Crippen LogP contribution in [0.25, 0.3) is 10.8 Å². The number of hydrogen-bond acceptors (Lipinski definition) is 4. The van der Waals surface area contributed by atoms with Gasteiger partial charge < -0.3 is 15.5 Å². The maximum atomic E-state index is 5.89. The van der Waals surface area contributed by atoms with Crippen molar-refractivity contribution >= 4 is 17.3 Å². The minimum Gasteiger partial charge on any atom is -0.443 e. The molecule has 6 heteroatoms. The molecule has 0 spiro atoms. The van der Waals surface area contributed by atoms with Crippen LogP contribution in [-0.4, -0.2) is 17.0 Å². The molecule has 0 unspecified atom stereocenters. The predicted octanol–water partition coefficient (Wildman–Crippen LogP) is 2.75. The largest absolute Gasteiger partial charge is 0.443 e. The molecule has 20 heavy (non-hydrogen) atoms. The van der Waals surface area contributed by atoms with Crippen LogP contribution in [0.2, 0.25) is 0 Å². The van der Waals surface area contributed by atoms with Crippen molar-refractivity contribution < 1.29 is 4.42 Å². The Morgan fingerprint density at radius 2 is 2.35 bits per heavy atom. The fourth-order valence-corrected chi connectivity index (χ4v) is 3.04. The molecule has 2 aromatic heterocycles. The Kier molecular flexibility index (Phi) is 4.01. The van der Waals surface area contributed by atoms with Gasteiger partial charge in [-0.2, -0.15) is 0 Å². The first-order valence-electron chi connectivity index (χ1n) is 6.86. The smallest absolute Gasteiger partial charge is 0.236 e. The quantitative estimate of drug-likeness (QED) is 0.670. The first-order valence-corrected chi connectivity index (χ1v) is 7.74. The highest BCUT2D eigenvalue weighted by Crippen LogP contribution is 2.23.